The second-order valence-electron chi connectivity index (χ2n) is 9.59. The molecule has 2 aromatic carbocycles. The maximum Gasteiger partial charge on any atom is 0.344 e. The smallest absolute Gasteiger partial charge is 0.344 e. The van der Waals surface area contributed by atoms with E-state index in [4.69, 9.17) is 55.9 Å². The number of benzene rings is 2. The summed E-state index contributed by atoms with van der Waals surface area (Å²) in [7, 11) is 1.02. The van der Waals surface area contributed by atoms with E-state index in [9.17, 15) is 22.8 Å². The van der Waals surface area contributed by atoms with E-state index in [1.165, 1.54) is 27.6 Å². The number of methoxy groups -OCH3 is 1. The number of nitrogens with one attached hydrogen (secondary N) is 2. The predicted molar refractivity (Wildman–Crippen MR) is 169 cm³/mol. The first-order valence-electron chi connectivity index (χ1n) is 13.5. The van der Waals surface area contributed by atoms with Crippen LogP contribution >= 0.6 is 46.4 Å². The molecule has 2 N–H and O–H groups in total. The standard InChI is InChI=1S/C14H13Cl2FN2O2.C11H8Cl2F2O2.C4H10N2O/c1-8-6-9(11(16)7-10(8)15)12-13(17)18-2-4-21-5-3-19(18)14(12)20;1-5-3-6(8(13)4-7(5)12)9(10(14)15)11(16)17-2;1-3-7-4-2-6-5-1/h6-7H,2-5H2,1H3;3-4H,1-2H3;5-6H,1-4H2. The number of ether oxygens (including phenoxy) is 3. The lowest BCUT2D eigenvalue weighted by molar-refractivity contribution is -0.133. The maximum atomic E-state index is 14.6. The van der Waals surface area contributed by atoms with Crippen molar-refractivity contribution < 1.29 is 32.2 Å². The van der Waals surface area contributed by atoms with E-state index in [-0.39, 0.29) is 21.2 Å². The molecule has 0 atom stereocenters. The van der Waals surface area contributed by atoms with Gasteiger partial charge in [0.15, 0.2) is 0 Å². The molecule has 45 heavy (non-hydrogen) atoms. The average molecular weight is 714 g/mol. The Labute approximate surface area is 277 Å². The van der Waals surface area contributed by atoms with Crippen LogP contribution in [0.25, 0.3) is 16.7 Å². The van der Waals surface area contributed by atoms with Crippen LogP contribution in [0.5, 0.6) is 0 Å². The van der Waals surface area contributed by atoms with E-state index in [0.29, 0.717) is 47.5 Å². The molecule has 9 nitrogen and oxygen atoms in total. The summed E-state index contributed by atoms with van der Waals surface area (Å²) in [6.45, 7) is 8.26. The van der Waals surface area contributed by atoms with Gasteiger partial charge in [0.2, 0.25) is 5.95 Å². The molecule has 3 aromatic rings. The molecule has 16 heteroatoms. The summed E-state index contributed by atoms with van der Waals surface area (Å²) in [5.41, 5.74) is 6.23. The Bertz CT molecular complexity index is 1590. The zero-order valence-corrected chi connectivity index (χ0v) is 27.6. The highest BCUT2D eigenvalue weighted by Crippen LogP contribution is 2.34. The third kappa shape index (κ3) is 9.49. The molecule has 1 aromatic heterocycles. The van der Waals surface area contributed by atoms with Crippen molar-refractivity contribution in [2.45, 2.75) is 26.9 Å². The summed E-state index contributed by atoms with van der Waals surface area (Å²) < 4.78 is 57.4. The van der Waals surface area contributed by atoms with Gasteiger partial charge in [-0.15, -0.1) is 0 Å². The van der Waals surface area contributed by atoms with Gasteiger partial charge in [-0.3, -0.25) is 20.3 Å². The van der Waals surface area contributed by atoms with Crippen LogP contribution in [0.3, 0.4) is 0 Å². The molecular formula is C29H31Cl4F3N4O5. The first kappa shape index (κ1) is 36.9. The Morgan fingerprint density at radius 1 is 0.822 bits per heavy atom. The van der Waals surface area contributed by atoms with E-state index in [2.05, 4.69) is 15.6 Å². The monoisotopic (exact) mass is 712 g/mol. The van der Waals surface area contributed by atoms with Crippen LogP contribution in [-0.2, 0) is 32.1 Å². The van der Waals surface area contributed by atoms with Gasteiger partial charge in [-0.05, 0) is 49.2 Å². The summed E-state index contributed by atoms with van der Waals surface area (Å²) in [6, 6.07) is 5.79. The third-order valence-electron chi connectivity index (χ3n) is 6.55. The second kappa shape index (κ2) is 17.4. The van der Waals surface area contributed by atoms with Gasteiger partial charge in [-0.2, -0.15) is 13.2 Å². The number of hydrogen-bond donors (Lipinski definition) is 2. The molecule has 0 radical (unpaired) electrons. The number of fused-ring (bicyclic) bond motifs is 1. The first-order valence-corrected chi connectivity index (χ1v) is 15.1. The summed E-state index contributed by atoms with van der Waals surface area (Å²) in [5.74, 6) is -1.73. The van der Waals surface area contributed by atoms with Crippen LogP contribution in [0.1, 0.15) is 16.7 Å². The Hall–Kier alpha value is -2.55. The molecule has 2 aliphatic heterocycles. The molecule has 1 fully saturated rings. The van der Waals surface area contributed by atoms with Crippen molar-refractivity contribution in [3.63, 3.8) is 0 Å². The molecule has 0 saturated carbocycles. The van der Waals surface area contributed by atoms with E-state index in [1.807, 2.05) is 0 Å². The fourth-order valence-electron chi connectivity index (χ4n) is 4.25. The van der Waals surface area contributed by atoms with E-state index in [1.54, 1.807) is 19.9 Å². The largest absolute Gasteiger partial charge is 0.465 e. The lowest BCUT2D eigenvalue weighted by atomic mass is 10.0. The van der Waals surface area contributed by atoms with Crippen LogP contribution in [0.15, 0.2) is 35.1 Å². The van der Waals surface area contributed by atoms with E-state index >= 15 is 0 Å². The van der Waals surface area contributed by atoms with Crippen LogP contribution in [0.2, 0.25) is 20.1 Å². The maximum absolute atomic E-state index is 14.6. The molecule has 0 spiro atoms. The Balaban J connectivity index is 0.000000206. The number of rotatable bonds is 3. The SMILES string of the molecule is C1COCCNN1.COC(=O)C(=C(F)F)c1cc(C)c(Cl)cc1Cl.Cc1cc(-c2c(F)n3n(c2=O)CCOCC3)c(Cl)cc1Cl. The van der Waals surface area contributed by atoms with Gasteiger partial charge in [0, 0.05) is 34.3 Å². The molecule has 5 rings (SSSR count). The van der Waals surface area contributed by atoms with Gasteiger partial charge >= 0.3 is 5.97 Å². The summed E-state index contributed by atoms with van der Waals surface area (Å²) >= 11 is 23.7. The fourth-order valence-corrected chi connectivity index (χ4v) is 5.20. The van der Waals surface area contributed by atoms with Crippen LogP contribution < -0.4 is 16.4 Å². The van der Waals surface area contributed by atoms with E-state index < -0.39 is 29.1 Å². The molecule has 0 amide bonds. The lowest BCUT2D eigenvalue weighted by Crippen LogP contribution is -2.32. The van der Waals surface area contributed by atoms with E-state index in [0.717, 1.165) is 39.0 Å². The molecule has 0 bridgehead atoms. The minimum atomic E-state index is -2.15. The predicted octanol–water partition coefficient (Wildman–Crippen LogP) is 6.29. The quantitative estimate of drug-likeness (QED) is 0.243. The minimum Gasteiger partial charge on any atom is -0.465 e. The van der Waals surface area contributed by atoms with Crippen molar-refractivity contribution in [3.05, 3.63) is 83.4 Å². The molecule has 0 unspecified atom stereocenters. The van der Waals surface area contributed by atoms with Crippen molar-refractivity contribution in [1.29, 1.82) is 0 Å². The molecular weight excluding hydrogens is 683 g/mol. The highest BCUT2D eigenvalue weighted by Gasteiger charge is 2.25. The van der Waals surface area contributed by atoms with Gasteiger partial charge in [-0.25, -0.2) is 9.48 Å². The average Bonchev–Trinajstić information content (AvgIpc) is 3.33. The second-order valence-corrected chi connectivity index (χ2v) is 11.2. The highest BCUT2D eigenvalue weighted by molar-refractivity contribution is 6.38. The fraction of sp³-hybridized carbons (Fsp3) is 0.379. The number of carbonyl (C=O) groups excluding carboxylic acids is 1. The van der Waals surface area contributed by atoms with Crippen LogP contribution in [0.4, 0.5) is 13.2 Å². The molecule has 246 valence electrons. The van der Waals surface area contributed by atoms with Gasteiger partial charge in [0.05, 0.1) is 56.7 Å². The zero-order valence-electron chi connectivity index (χ0n) is 24.5. The molecule has 3 heterocycles. The van der Waals surface area contributed by atoms with Crippen molar-refractivity contribution in [1.82, 2.24) is 20.2 Å². The number of hydrogen-bond acceptors (Lipinski definition) is 7. The summed E-state index contributed by atoms with van der Waals surface area (Å²) in [6.07, 6.45) is -2.15. The number of esters is 1. The number of nitrogens with zero attached hydrogens (tertiary/aromatic N) is 2. The van der Waals surface area contributed by atoms with Crippen LogP contribution in [-0.4, -0.2) is 62.0 Å². The van der Waals surface area contributed by atoms with Gasteiger partial charge in [0.25, 0.3) is 11.6 Å². The van der Waals surface area contributed by atoms with Gasteiger partial charge in [0.1, 0.15) is 11.1 Å². The Morgan fingerprint density at radius 3 is 1.93 bits per heavy atom. The van der Waals surface area contributed by atoms with Crippen molar-refractivity contribution in [2.75, 3.05) is 46.6 Å². The number of aromatic nitrogens is 2. The Morgan fingerprint density at radius 2 is 1.36 bits per heavy atom. The van der Waals surface area contributed by atoms with Crippen molar-refractivity contribution in [3.8, 4) is 11.1 Å². The first-order chi connectivity index (χ1) is 21.4. The minimum absolute atomic E-state index is 0.0123. The molecule has 1 saturated heterocycles. The number of halogens is 7. The molecule has 0 aliphatic carbocycles. The highest BCUT2D eigenvalue weighted by atomic mass is 35.5. The molecule has 2 aliphatic rings. The third-order valence-corrected chi connectivity index (χ3v) is 7.99. The number of aryl methyl sites for hydroxylation is 2. The van der Waals surface area contributed by atoms with Crippen LogP contribution in [0, 0.1) is 19.8 Å². The summed E-state index contributed by atoms with van der Waals surface area (Å²) in [4.78, 5) is 23.7. The lowest BCUT2D eigenvalue weighted by Gasteiger charge is -2.09. The van der Waals surface area contributed by atoms with Crippen molar-refractivity contribution >= 4 is 57.9 Å². The zero-order chi connectivity index (χ0) is 33.3. The Kier molecular flexibility index (Phi) is 14.3. The number of carbonyl (C=O) groups is 1. The van der Waals surface area contributed by atoms with Gasteiger partial charge < -0.3 is 14.2 Å². The topological polar surface area (TPSA) is 95.7 Å². The summed E-state index contributed by atoms with van der Waals surface area (Å²) in [5, 5.41) is 1.05. The van der Waals surface area contributed by atoms with Gasteiger partial charge in [-0.1, -0.05) is 46.4 Å². The number of hydrazine groups is 1. The normalized spacial score (nSPS) is 14.4. The van der Waals surface area contributed by atoms with Crippen molar-refractivity contribution in [2.24, 2.45) is 0 Å².